The number of nitrogens with zero attached hydrogens (tertiary/aromatic N) is 2. The van der Waals surface area contributed by atoms with Crippen LogP contribution < -0.4 is 20.7 Å². The summed E-state index contributed by atoms with van der Waals surface area (Å²) in [6.45, 7) is 20.0. The molecule has 0 spiro atoms. The van der Waals surface area contributed by atoms with E-state index in [1.807, 2.05) is 20.8 Å². The molecule has 0 amide bonds. The number of aromatic amines is 1. The van der Waals surface area contributed by atoms with Crippen LogP contribution in [0.5, 0.6) is 5.75 Å². The van der Waals surface area contributed by atoms with Gasteiger partial charge in [0.25, 0.3) is 5.56 Å². The van der Waals surface area contributed by atoms with Gasteiger partial charge in [0.15, 0.2) is 14.1 Å². The van der Waals surface area contributed by atoms with E-state index in [0.29, 0.717) is 36.6 Å². The van der Waals surface area contributed by atoms with Crippen molar-refractivity contribution >= 4 is 27.9 Å². The van der Waals surface area contributed by atoms with Gasteiger partial charge in [0.2, 0.25) is 0 Å². The van der Waals surface area contributed by atoms with Crippen LogP contribution in [0.25, 0.3) is 0 Å². The molecule has 1 unspecified atom stereocenters. The van der Waals surface area contributed by atoms with Crippen LogP contribution in [0.15, 0.2) is 51.9 Å². The molecule has 2 heterocycles. The van der Waals surface area contributed by atoms with Gasteiger partial charge in [-0.15, -0.1) is 4.65 Å². The predicted molar refractivity (Wildman–Crippen MR) is 168 cm³/mol. The number of quaternary nitrogens is 1. The second kappa shape index (κ2) is 13.4. The Morgan fingerprint density at radius 2 is 1.81 bits per heavy atom. The molecule has 10 nitrogen and oxygen atoms in total. The fourth-order valence-electron chi connectivity index (χ4n) is 4.48. The van der Waals surface area contributed by atoms with Crippen molar-refractivity contribution in [3.05, 3.63) is 73.8 Å². The summed E-state index contributed by atoms with van der Waals surface area (Å²) < 4.78 is 26.9. The zero-order valence-corrected chi connectivity index (χ0v) is 28.8. The number of hydrogen-bond donors (Lipinski definition) is 1. The van der Waals surface area contributed by atoms with Gasteiger partial charge in [-0.3, -0.25) is 14.3 Å². The number of aryl methyl sites for hydroxylation is 1. The molecular weight excluding hydrogens is 597 g/mol. The lowest BCUT2D eigenvalue weighted by atomic mass is 10.2. The molecule has 0 bridgehead atoms. The highest BCUT2D eigenvalue weighted by molar-refractivity contribution is 7.62. The first kappa shape index (κ1) is 34.7. The van der Waals surface area contributed by atoms with Gasteiger partial charge < -0.3 is 18.6 Å². The third kappa shape index (κ3) is 8.01. The number of ether oxygens (including phenoxy) is 1. The van der Waals surface area contributed by atoms with Crippen LogP contribution in [0.1, 0.15) is 59.8 Å². The van der Waals surface area contributed by atoms with Gasteiger partial charge in [-0.2, -0.15) is 0 Å². The van der Waals surface area contributed by atoms with Crippen molar-refractivity contribution in [2.75, 3.05) is 19.6 Å². The van der Waals surface area contributed by atoms with Crippen molar-refractivity contribution in [2.24, 2.45) is 0 Å². The minimum absolute atomic E-state index is 0.0865. The summed E-state index contributed by atoms with van der Waals surface area (Å²) in [5.41, 5.74) is -0.629. The molecule has 0 saturated carbocycles. The maximum atomic E-state index is 14.4. The highest BCUT2D eigenvalue weighted by Crippen LogP contribution is 2.57. The second-order valence-electron chi connectivity index (χ2n) is 12.2. The molecule has 234 valence electrons. The molecule has 1 saturated heterocycles. The Balaban J connectivity index is 2.04. The molecule has 1 aromatic heterocycles. The molecular formula is C29H46ClN3O7PSi+. The van der Waals surface area contributed by atoms with E-state index in [1.54, 1.807) is 37.3 Å². The molecule has 1 fully saturated rings. The average molecular weight is 643 g/mol. The molecule has 1 aliphatic rings. The third-order valence-electron chi connectivity index (χ3n) is 8.36. The van der Waals surface area contributed by atoms with Crippen LogP contribution in [-0.4, -0.2) is 54.4 Å². The summed E-state index contributed by atoms with van der Waals surface area (Å²) in [7, 11) is -6.24. The topological polar surface area (TPSA) is 115 Å². The quantitative estimate of drug-likeness (QED) is 0.137. The van der Waals surface area contributed by atoms with Gasteiger partial charge in [0.05, 0.1) is 11.1 Å². The molecule has 42 heavy (non-hydrogen) atoms. The van der Waals surface area contributed by atoms with Crippen molar-refractivity contribution in [1.29, 1.82) is 0 Å². The molecule has 1 aliphatic heterocycles. The molecule has 2 aromatic rings. The Morgan fingerprint density at radius 3 is 2.38 bits per heavy atom. The van der Waals surface area contributed by atoms with E-state index in [1.165, 1.54) is 16.6 Å². The number of hydroxylamine groups is 3. The van der Waals surface area contributed by atoms with Crippen LogP contribution in [0.3, 0.4) is 0 Å². The molecule has 4 atom stereocenters. The van der Waals surface area contributed by atoms with Crippen LogP contribution in [0.2, 0.25) is 23.2 Å². The van der Waals surface area contributed by atoms with Crippen LogP contribution in [0, 0.1) is 6.92 Å². The predicted octanol–water partition coefficient (Wildman–Crippen LogP) is 5.70. The number of para-hydroxylation sites is 1. The van der Waals surface area contributed by atoms with Crippen molar-refractivity contribution < 1.29 is 27.9 Å². The van der Waals surface area contributed by atoms with Crippen molar-refractivity contribution in [2.45, 2.75) is 91.5 Å². The highest BCUT2D eigenvalue weighted by Gasteiger charge is 2.47. The fourth-order valence-corrected chi connectivity index (χ4v) is 7.84. The van der Waals surface area contributed by atoms with E-state index in [9.17, 15) is 14.5 Å². The Morgan fingerprint density at radius 1 is 1.19 bits per heavy atom. The standard InChI is InChI=1S/C29H45ClN3O7PSi/c1-10-33(11-2,12-3)40-41(36,38-23-16-14-13-15-22(23)30)18-17-24-25(39-42(8,9)29(5,6)7)19-26(37-24)32-20-21(4)27(34)31-28(32)35/h13-18,20,24-26H,10-12,19H2,1-9H3/p+1/b18-17+/t24-,25+,26-,41?/m1/s1. The van der Waals surface area contributed by atoms with Crippen molar-refractivity contribution in [3.8, 4) is 5.75 Å². The van der Waals surface area contributed by atoms with E-state index in [-0.39, 0.29) is 15.4 Å². The zero-order valence-electron chi connectivity index (χ0n) is 26.2. The van der Waals surface area contributed by atoms with E-state index in [4.69, 9.17) is 29.9 Å². The Labute approximate surface area is 255 Å². The number of aromatic nitrogens is 2. The minimum Gasteiger partial charge on any atom is -0.615 e. The smallest absolute Gasteiger partial charge is 0.379 e. The fraction of sp³-hybridized carbons (Fsp3) is 0.586. The third-order valence-corrected chi connectivity index (χ3v) is 14.7. The highest BCUT2D eigenvalue weighted by atomic mass is 35.5. The number of H-pyrrole nitrogens is 1. The first-order valence-electron chi connectivity index (χ1n) is 14.4. The normalized spacial score (nSPS) is 21.5. The maximum absolute atomic E-state index is 14.4. The SMILES string of the molecule is CC[N+](CC)(CC)O[P+]([O-])(/C=C/[C@H]1O[C@@H](n2cc(C)c(=O)[nH]c2=O)C[C@@H]1O[Si](C)(C)C(C)(C)C)Oc1ccccc1Cl. The Kier molecular flexibility index (Phi) is 11.1. The maximum Gasteiger partial charge on any atom is 0.379 e. The van der Waals surface area contributed by atoms with E-state index in [0.717, 1.165) is 0 Å². The van der Waals surface area contributed by atoms with Gasteiger partial charge >= 0.3 is 13.6 Å². The number of hydrogen-bond acceptors (Lipinski definition) is 7. The monoisotopic (exact) mass is 642 g/mol. The minimum atomic E-state index is -3.95. The van der Waals surface area contributed by atoms with Gasteiger partial charge in [0.1, 0.15) is 37.8 Å². The van der Waals surface area contributed by atoms with Crippen LogP contribution in [-0.2, 0) is 13.8 Å². The molecule has 1 N–H and O–H groups in total. The zero-order chi connectivity index (χ0) is 31.5. The van der Waals surface area contributed by atoms with Crippen molar-refractivity contribution in [1.82, 2.24) is 9.55 Å². The van der Waals surface area contributed by atoms with Gasteiger partial charge in [0, 0.05) is 18.2 Å². The number of halogens is 1. The molecule has 3 rings (SSSR count). The van der Waals surface area contributed by atoms with Gasteiger partial charge in [-0.05, 0) is 68.7 Å². The van der Waals surface area contributed by atoms with Gasteiger partial charge in [-0.25, -0.2) is 4.79 Å². The summed E-state index contributed by atoms with van der Waals surface area (Å²) in [6.07, 6.45) is 1.64. The first-order chi connectivity index (χ1) is 19.5. The number of rotatable bonds is 12. The summed E-state index contributed by atoms with van der Waals surface area (Å²) in [5, 5.41) is 0.220. The van der Waals surface area contributed by atoms with Crippen molar-refractivity contribution in [3.63, 3.8) is 0 Å². The summed E-state index contributed by atoms with van der Waals surface area (Å²) in [6, 6.07) is 6.80. The first-order valence-corrected chi connectivity index (χ1v) is 19.3. The largest absolute Gasteiger partial charge is 0.615 e. The summed E-state index contributed by atoms with van der Waals surface area (Å²) in [4.78, 5) is 41.5. The Bertz CT molecular complexity index is 1360. The summed E-state index contributed by atoms with van der Waals surface area (Å²) in [5.74, 6) is 1.66. The van der Waals surface area contributed by atoms with E-state index < -0.39 is 45.9 Å². The Hall–Kier alpha value is -1.82. The molecule has 13 heteroatoms. The second-order valence-corrected chi connectivity index (χ2v) is 19.1. The lowest BCUT2D eigenvalue weighted by molar-refractivity contribution is -1.08. The van der Waals surface area contributed by atoms with E-state index in [2.05, 4.69) is 38.8 Å². The molecule has 0 radical (unpaired) electrons. The average Bonchev–Trinajstić information content (AvgIpc) is 3.30. The van der Waals surface area contributed by atoms with E-state index >= 15 is 0 Å². The van der Waals surface area contributed by atoms with Crippen LogP contribution in [0.4, 0.5) is 0 Å². The number of nitrogens with one attached hydrogen (secondary N) is 1. The number of benzene rings is 1. The lowest BCUT2D eigenvalue weighted by Crippen LogP contribution is -2.48. The summed E-state index contributed by atoms with van der Waals surface area (Å²) >= 11 is 6.37. The molecule has 1 aromatic carbocycles. The van der Waals surface area contributed by atoms with Crippen LogP contribution >= 0.6 is 19.5 Å². The van der Waals surface area contributed by atoms with Gasteiger partial charge in [-0.1, -0.05) is 44.5 Å². The molecule has 0 aliphatic carbocycles. The lowest BCUT2D eigenvalue weighted by Gasteiger charge is -2.39.